The van der Waals surface area contributed by atoms with Crippen LogP contribution in [0, 0.1) is 6.92 Å². The second-order valence-corrected chi connectivity index (χ2v) is 6.10. The van der Waals surface area contributed by atoms with E-state index in [-0.39, 0.29) is 0 Å². The number of H-pyrrole nitrogens is 1. The lowest BCUT2D eigenvalue weighted by Crippen LogP contribution is -2.39. The maximum absolute atomic E-state index is 12.8. The van der Waals surface area contributed by atoms with E-state index in [1.165, 1.54) is 18.6 Å². The van der Waals surface area contributed by atoms with Crippen molar-refractivity contribution in [3.8, 4) is 0 Å². The molecule has 3 N–H and O–H groups in total. The molecule has 1 saturated carbocycles. The lowest BCUT2D eigenvalue weighted by molar-refractivity contribution is -0.137. The molecule has 21 heavy (non-hydrogen) atoms. The second-order valence-electron chi connectivity index (χ2n) is 6.10. The van der Waals surface area contributed by atoms with E-state index >= 15 is 0 Å². The second kappa shape index (κ2) is 4.77. The highest BCUT2D eigenvalue weighted by atomic mass is 19.4. The molecule has 1 aromatic carbocycles. The molecule has 1 heterocycles. The van der Waals surface area contributed by atoms with Gasteiger partial charge in [0.2, 0.25) is 0 Å². The van der Waals surface area contributed by atoms with Gasteiger partial charge in [-0.3, -0.25) is 0 Å². The number of nitrogens with two attached hydrogens (primary N) is 1. The summed E-state index contributed by atoms with van der Waals surface area (Å²) in [6.07, 6.45) is 0.761. The number of benzene rings is 1. The first-order valence-corrected chi connectivity index (χ1v) is 7.30. The first kappa shape index (κ1) is 14.4. The van der Waals surface area contributed by atoms with Gasteiger partial charge in [-0.15, -0.1) is 0 Å². The molecule has 0 radical (unpaired) electrons. The van der Waals surface area contributed by atoms with Crippen molar-refractivity contribution in [2.75, 3.05) is 0 Å². The third-order valence-corrected chi connectivity index (χ3v) is 4.63. The third-order valence-electron chi connectivity index (χ3n) is 4.63. The summed E-state index contributed by atoms with van der Waals surface area (Å²) >= 11 is 0. The standard InChI is InChI=1S/C16H19F3N2/c1-10-12-9-11(16(17,18)19)5-6-13(12)21-14(10)15(20)7-3-2-4-8-15/h5-6,9,21H,2-4,7-8,20H2,1H3. The van der Waals surface area contributed by atoms with Crippen molar-refractivity contribution >= 4 is 10.9 Å². The molecule has 2 nitrogen and oxygen atoms in total. The average molecular weight is 296 g/mol. The zero-order chi connectivity index (χ0) is 15.3. The number of halogens is 3. The minimum atomic E-state index is -4.32. The van der Waals surface area contributed by atoms with Gasteiger partial charge in [0.15, 0.2) is 0 Å². The molecule has 1 aromatic heterocycles. The number of aryl methyl sites for hydroxylation is 1. The summed E-state index contributed by atoms with van der Waals surface area (Å²) in [7, 11) is 0. The Morgan fingerprint density at radius 2 is 1.81 bits per heavy atom. The van der Waals surface area contributed by atoms with Crippen LogP contribution in [0.5, 0.6) is 0 Å². The molecular weight excluding hydrogens is 277 g/mol. The molecule has 0 saturated heterocycles. The Morgan fingerprint density at radius 1 is 1.14 bits per heavy atom. The monoisotopic (exact) mass is 296 g/mol. The van der Waals surface area contributed by atoms with Crippen molar-refractivity contribution in [1.29, 1.82) is 0 Å². The van der Waals surface area contributed by atoms with E-state index in [0.717, 1.165) is 48.5 Å². The molecule has 3 rings (SSSR count). The number of alkyl halides is 3. The van der Waals surface area contributed by atoms with Gasteiger partial charge in [0, 0.05) is 16.6 Å². The van der Waals surface area contributed by atoms with Crippen molar-refractivity contribution < 1.29 is 13.2 Å². The molecule has 0 atom stereocenters. The van der Waals surface area contributed by atoms with Crippen LogP contribution in [0.2, 0.25) is 0 Å². The summed E-state index contributed by atoms with van der Waals surface area (Å²) in [5.41, 5.74) is 7.95. The smallest absolute Gasteiger partial charge is 0.357 e. The number of fused-ring (bicyclic) bond motifs is 1. The molecule has 1 aliphatic carbocycles. The Bertz CT molecular complexity index is 664. The summed E-state index contributed by atoms with van der Waals surface area (Å²) < 4.78 is 38.5. The molecule has 0 amide bonds. The van der Waals surface area contributed by atoms with E-state index in [0.29, 0.717) is 5.39 Å². The Morgan fingerprint density at radius 3 is 2.43 bits per heavy atom. The van der Waals surface area contributed by atoms with Crippen LogP contribution in [0.3, 0.4) is 0 Å². The van der Waals surface area contributed by atoms with Crippen molar-refractivity contribution in [3.05, 3.63) is 35.0 Å². The fourth-order valence-electron chi connectivity index (χ4n) is 3.43. The van der Waals surface area contributed by atoms with E-state index in [2.05, 4.69) is 4.98 Å². The van der Waals surface area contributed by atoms with Gasteiger partial charge >= 0.3 is 6.18 Å². The van der Waals surface area contributed by atoms with Crippen molar-refractivity contribution in [3.63, 3.8) is 0 Å². The number of aromatic amines is 1. The molecule has 1 fully saturated rings. The fraction of sp³-hybridized carbons (Fsp3) is 0.500. The van der Waals surface area contributed by atoms with Gasteiger partial charge in [0.25, 0.3) is 0 Å². The summed E-state index contributed by atoms with van der Waals surface area (Å²) in [6, 6.07) is 3.84. The highest BCUT2D eigenvalue weighted by molar-refractivity contribution is 5.85. The zero-order valence-electron chi connectivity index (χ0n) is 12.0. The van der Waals surface area contributed by atoms with Crippen LogP contribution in [0.1, 0.15) is 48.9 Å². The lowest BCUT2D eigenvalue weighted by Gasteiger charge is -2.33. The average Bonchev–Trinajstić information content (AvgIpc) is 2.76. The minimum Gasteiger partial charge on any atom is -0.357 e. The van der Waals surface area contributed by atoms with Crippen LogP contribution in [0.15, 0.2) is 18.2 Å². The SMILES string of the molecule is Cc1c(C2(N)CCCCC2)[nH]c2ccc(C(F)(F)F)cc12. The largest absolute Gasteiger partial charge is 0.416 e. The summed E-state index contributed by atoms with van der Waals surface area (Å²) in [6.45, 7) is 1.86. The van der Waals surface area contributed by atoms with Gasteiger partial charge in [-0.05, 0) is 43.5 Å². The Balaban J connectivity index is 2.11. The normalized spacial score (nSPS) is 19.1. The fourth-order valence-corrected chi connectivity index (χ4v) is 3.43. The maximum atomic E-state index is 12.8. The number of rotatable bonds is 1. The molecular formula is C16H19F3N2. The van der Waals surface area contributed by atoms with Gasteiger partial charge in [0.1, 0.15) is 0 Å². The molecule has 5 heteroatoms. The summed E-state index contributed by atoms with van der Waals surface area (Å²) in [5, 5.41) is 0.621. The number of aromatic nitrogens is 1. The number of nitrogens with one attached hydrogen (secondary N) is 1. The van der Waals surface area contributed by atoms with Gasteiger partial charge in [0.05, 0.1) is 11.1 Å². The Labute approximate surface area is 121 Å². The molecule has 1 aliphatic rings. The summed E-state index contributed by atoms with van der Waals surface area (Å²) in [5.74, 6) is 0. The highest BCUT2D eigenvalue weighted by Gasteiger charge is 2.34. The van der Waals surface area contributed by atoms with Crippen molar-refractivity contribution in [1.82, 2.24) is 4.98 Å². The minimum absolute atomic E-state index is 0.431. The van der Waals surface area contributed by atoms with Crippen LogP contribution in [-0.2, 0) is 11.7 Å². The summed E-state index contributed by atoms with van der Waals surface area (Å²) in [4.78, 5) is 3.26. The Hall–Kier alpha value is -1.49. The molecule has 2 aromatic rings. The van der Waals surface area contributed by atoms with E-state index < -0.39 is 17.3 Å². The van der Waals surface area contributed by atoms with Gasteiger partial charge in [-0.2, -0.15) is 13.2 Å². The molecule has 0 bridgehead atoms. The van der Waals surface area contributed by atoms with Crippen LogP contribution in [0.4, 0.5) is 13.2 Å². The molecule has 0 unspecified atom stereocenters. The van der Waals surface area contributed by atoms with Gasteiger partial charge in [-0.1, -0.05) is 19.3 Å². The third kappa shape index (κ3) is 2.44. The van der Waals surface area contributed by atoms with E-state index in [9.17, 15) is 13.2 Å². The van der Waals surface area contributed by atoms with E-state index in [1.54, 1.807) is 0 Å². The van der Waals surface area contributed by atoms with E-state index in [1.807, 2.05) is 6.92 Å². The lowest BCUT2D eigenvalue weighted by atomic mass is 9.79. The zero-order valence-corrected chi connectivity index (χ0v) is 12.0. The predicted molar refractivity (Wildman–Crippen MR) is 77.0 cm³/mol. The van der Waals surface area contributed by atoms with Crippen LogP contribution >= 0.6 is 0 Å². The van der Waals surface area contributed by atoms with E-state index in [4.69, 9.17) is 5.73 Å². The van der Waals surface area contributed by atoms with Gasteiger partial charge in [-0.25, -0.2) is 0 Å². The maximum Gasteiger partial charge on any atom is 0.416 e. The Kier molecular flexibility index (Phi) is 3.28. The first-order chi connectivity index (χ1) is 9.81. The quantitative estimate of drug-likeness (QED) is 0.792. The molecule has 114 valence electrons. The van der Waals surface area contributed by atoms with Crippen molar-refractivity contribution in [2.45, 2.75) is 50.7 Å². The van der Waals surface area contributed by atoms with Crippen LogP contribution in [0.25, 0.3) is 10.9 Å². The van der Waals surface area contributed by atoms with Gasteiger partial charge < -0.3 is 10.7 Å². The molecule has 0 spiro atoms. The highest BCUT2D eigenvalue weighted by Crippen LogP contribution is 2.39. The predicted octanol–water partition coefficient (Wildman–Crippen LogP) is 4.61. The first-order valence-electron chi connectivity index (χ1n) is 7.30. The van der Waals surface area contributed by atoms with Crippen LogP contribution in [-0.4, -0.2) is 4.98 Å². The molecule has 0 aliphatic heterocycles. The number of hydrogen-bond donors (Lipinski definition) is 2. The van der Waals surface area contributed by atoms with Crippen molar-refractivity contribution in [2.24, 2.45) is 5.73 Å². The topological polar surface area (TPSA) is 41.8 Å². The van der Waals surface area contributed by atoms with Crippen LogP contribution < -0.4 is 5.73 Å². The number of hydrogen-bond acceptors (Lipinski definition) is 1.